The number of carbonyl (C=O) groups excluding carboxylic acids is 1. The van der Waals surface area contributed by atoms with E-state index >= 15 is 0 Å². The average molecular weight is 396 g/mol. The zero-order valence-corrected chi connectivity index (χ0v) is 16.1. The van der Waals surface area contributed by atoms with E-state index in [1.54, 1.807) is 31.6 Å². The van der Waals surface area contributed by atoms with Crippen molar-refractivity contribution >= 4 is 35.1 Å². The summed E-state index contributed by atoms with van der Waals surface area (Å²) in [6, 6.07) is 8.61. The lowest BCUT2D eigenvalue weighted by Gasteiger charge is -2.33. The van der Waals surface area contributed by atoms with Crippen LogP contribution in [-0.4, -0.2) is 49.2 Å². The predicted octanol–water partition coefficient (Wildman–Crippen LogP) is 3.85. The summed E-state index contributed by atoms with van der Waals surface area (Å²) in [5.74, 6) is 3.59. The van der Waals surface area contributed by atoms with Crippen LogP contribution in [0, 0.1) is 0 Å². The SMILES string of the molecule is COc1ccc(Cl)cc1NC(=O)NC[C@H](c1ccco1)N1CCSCC1. The second kappa shape index (κ2) is 9.21. The average Bonchev–Trinajstić information content (AvgIpc) is 3.17. The third-order valence-electron chi connectivity index (χ3n) is 4.22. The van der Waals surface area contributed by atoms with Gasteiger partial charge in [0.1, 0.15) is 11.5 Å². The van der Waals surface area contributed by atoms with Gasteiger partial charge in [-0.1, -0.05) is 11.6 Å². The van der Waals surface area contributed by atoms with Crippen molar-refractivity contribution in [2.45, 2.75) is 6.04 Å². The minimum Gasteiger partial charge on any atom is -0.495 e. The third-order valence-corrected chi connectivity index (χ3v) is 5.40. The van der Waals surface area contributed by atoms with Crippen LogP contribution in [0.2, 0.25) is 5.02 Å². The van der Waals surface area contributed by atoms with Gasteiger partial charge in [0.15, 0.2) is 0 Å². The van der Waals surface area contributed by atoms with Crippen LogP contribution in [0.25, 0.3) is 0 Å². The summed E-state index contributed by atoms with van der Waals surface area (Å²) >= 11 is 7.95. The number of ether oxygens (including phenoxy) is 1. The molecular weight excluding hydrogens is 374 g/mol. The van der Waals surface area contributed by atoms with Gasteiger partial charge < -0.3 is 19.8 Å². The van der Waals surface area contributed by atoms with Crippen LogP contribution in [0.1, 0.15) is 11.8 Å². The molecule has 1 aliphatic heterocycles. The molecule has 1 atom stereocenters. The van der Waals surface area contributed by atoms with E-state index in [-0.39, 0.29) is 12.1 Å². The second-order valence-corrected chi connectivity index (χ2v) is 7.52. The number of nitrogens with one attached hydrogen (secondary N) is 2. The Morgan fingerprint density at radius 3 is 2.88 bits per heavy atom. The first-order chi connectivity index (χ1) is 12.7. The zero-order chi connectivity index (χ0) is 18.4. The highest BCUT2D eigenvalue weighted by atomic mass is 35.5. The van der Waals surface area contributed by atoms with E-state index in [4.69, 9.17) is 20.8 Å². The molecule has 26 heavy (non-hydrogen) atoms. The summed E-state index contributed by atoms with van der Waals surface area (Å²) in [4.78, 5) is 14.7. The van der Waals surface area contributed by atoms with E-state index in [2.05, 4.69) is 15.5 Å². The van der Waals surface area contributed by atoms with Crippen molar-refractivity contribution in [3.63, 3.8) is 0 Å². The van der Waals surface area contributed by atoms with Gasteiger partial charge in [0, 0.05) is 36.2 Å². The first-order valence-corrected chi connectivity index (χ1v) is 9.94. The zero-order valence-electron chi connectivity index (χ0n) is 14.5. The number of hydrogen-bond acceptors (Lipinski definition) is 5. The maximum absolute atomic E-state index is 12.4. The highest BCUT2D eigenvalue weighted by Gasteiger charge is 2.25. The Morgan fingerprint density at radius 1 is 1.38 bits per heavy atom. The number of anilines is 1. The van der Waals surface area contributed by atoms with Gasteiger partial charge in [-0.05, 0) is 30.3 Å². The maximum atomic E-state index is 12.4. The molecule has 1 aromatic carbocycles. The number of furan rings is 1. The van der Waals surface area contributed by atoms with Crippen LogP contribution in [0.5, 0.6) is 5.75 Å². The van der Waals surface area contributed by atoms with E-state index in [1.807, 2.05) is 23.9 Å². The van der Waals surface area contributed by atoms with Crippen molar-refractivity contribution in [1.82, 2.24) is 10.2 Å². The molecule has 0 unspecified atom stereocenters. The maximum Gasteiger partial charge on any atom is 0.319 e. The van der Waals surface area contributed by atoms with Crippen LogP contribution in [0.4, 0.5) is 10.5 Å². The molecule has 0 radical (unpaired) electrons. The van der Waals surface area contributed by atoms with Gasteiger partial charge in [0.25, 0.3) is 0 Å². The number of carbonyl (C=O) groups is 1. The Morgan fingerprint density at radius 2 is 2.19 bits per heavy atom. The standard InChI is InChI=1S/C18H22ClN3O3S/c1-24-16-5-4-13(19)11-14(16)21-18(23)20-12-15(17-3-2-8-25-17)22-6-9-26-10-7-22/h2-5,8,11,15H,6-7,9-10,12H2,1H3,(H2,20,21,23)/t15-/m1/s1. The molecule has 0 aliphatic carbocycles. The Labute approximate surface area is 162 Å². The lowest BCUT2D eigenvalue weighted by molar-refractivity contribution is 0.187. The number of urea groups is 1. The Kier molecular flexibility index (Phi) is 6.71. The van der Waals surface area contributed by atoms with Gasteiger partial charge in [-0.3, -0.25) is 4.90 Å². The number of hydrogen-bond donors (Lipinski definition) is 2. The molecule has 3 rings (SSSR count). The Hall–Kier alpha value is -1.83. The van der Waals surface area contributed by atoms with Crippen molar-refractivity contribution in [3.05, 3.63) is 47.4 Å². The number of amides is 2. The molecule has 140 valence electrons. The number of rotatable bonds is 6. The largest absolute Gasteiger partial charge is 0.495 e. The fraction of sp³-hybridized carbons (Fsp3) is 0.389. The van der Waals surface area contributed by atoms with Crippen molar-refractivity contribution in [1.29, 1.82) is 0 Å². The van der Waals surface area contributed by atoms with E-state index in [0.717, 1.165) is 30.4 Å². The van der Waals surface area contributed by atoms with E-state index in [1.165, 1.54) is 0 Å². The molecule has 1 saturated heterocycles. The quantitative estimate of drug-likeness (QED) is 0.777. The van der Waals surface area contributed by atoms with Crippen molar-refractivity contribution in [2.24, 2.45) is 0 Å². The van der Waals surface area contributed by atoms with E-state index in [9.17, 15) is 4.79 Å². The molecule has 0 saturated carbocycles. The van der Waals surface area contributed by atoms with Crippen LogP contribution < -0.4 is 15.4 Å². The molecule has 0 bridgehead atoms. The van der Waals surface area contributed by atoms with Gasteiger partial charge in [-0.2, -0.15) is 11.8 Å². The molecule has 0 spiro atoms. The smallest absolute Gasteiger partial charge is 0.319 e. The second-order valence-electron chi connectivity index (χ2n) is 5.86. The molecule has 2 heterocycles. The predicted molar refractivity (Wildman–Crippen MR) is 105 cm³/mol. The van der Waals surface area contributed by atoms with E-state index in [0.29, 0.717) is 23.0 Å². The van der Waals surface area contributed by atoms with Gasteiger partial charge in [-0.15, -0.1) is 0 Å². The molecule has 2 N–H and O–H groups in total. The van der Waals surface area contributed by atoms with Gasteiger partial charge >= 0.3 is 6.03 Å². The molecule has 1 fully saturated rings. The number of benzene rings is 1. The highest BCUT2D eigenvalue weighted by Crippen LogP contribution is 2.28. The molecule has 6 nitrogen and oxygen atoms in total. The van der Waals surface area contributed by atoms with E-state index < -0.39 is 0 Å². The molecule has 1 aliphatic rings. The summed E-state index contributed by atoms with van der Waals surface area (Å²) in [6.07, 6.45) is 1.66. The molecule has 1 aromatic heterocycles. The van der Waals surface area contributed by atoms with Crippen molar-refractivity contribution < 1.29 is 13.9 Å². The van der Waals surface area contributed by atoms with Gasteiger partial charge in [-0.25, -0.2) is 4.79 Å². The lowest BCUT2D eigenvalue weighted by atomic mass is 10.2. The van der Waals surface area contributed by atoms with Crippen molar-refractivity contribution in [3.8, 4) is 5.75 Å². The number of nitrogens with zero attached hydrogens (tertiary/aromatic N) is 1. The molecule has 2 amide bonds. The summed E-state index contributed by atoms with van der Waals surface area (Å²) in [5, 5.41) is 6.25. The molecule has 8 heteroatoms. The molecular formula is C18H22ClN3O3S. The van der Waals surface area contributed by atoms with Crippen LogP contribution >= 0.6 is 23.4 Å². The monoisotopic (exact) mass is 395 g/mol. The summed E-state index contributed by atoms with van der Waals surface area (Å²) in [7, 11) is 1.55. The number of thioether (sulfide) groups is 1. The third kappa shape index (κ3) is 4.87. The van der Waals surface area contributed by atoms with Crippen molar-refractivity contribution in [2.75, 3.05) is 43.6 Å². The summed E-state index contributed by atoms with van der Waals surface area (Å²) in [6.45, 7) is 2.40. The van der Waals surface area contributed by atoms with Crippen LogP contribution in [0.3, 0.4) is 0 Å². The van der Waals surface area contributed by atoms with Crippen LogP contribution in [-0.2, 0) is 0 Å². The normalized spacial score (nSPS) is 16.1. The lowest BCUT2D eigenvalue weighted by Crippen LogP contribution is -2.42. The molecule has 2 aromatic rings. The Balaban J connectivity index is 1.63. The fourth-order valence-corrected chi connectivity index (χ4v) is 4.02. The fourth-order valence-electron chi connectivity index (χ4n) is 2.91. The summed E-state index contributed by atoms with van der Waals surface area (Å²) in [5.41, 5.74) is 0.529. The summed E-state index contributed by atoms with van der Waals surface area (Å²) < 4.78 is 10.8. The minimum atomic E-state index is -0.312. The first kappa shape index (κ1) is 18.9. The van der Waals surface area contributed by atoms with Gasteiger partial charge in [0.05, 0.1) is 25.1 Å². The number of halogens is 1. The Bertz CT molecular complexity index is 720. The van der Waals surface area contributed by atoms with Gasteiger partial charge in [0.2, 0.25) is 0 Å². The first-order valence-electron chi connectivity index (χ1n) is 8.41. The minimum absolute atomic E-state index is 0.0120. The number of methoxy groups -OCH3 is 1. The topological polar surface area (TPSA) is 66.7 Å². The van der Waals surface area contributed by atoms with Crippen LogP contribution in [0.15, 0.2) is 41.0 Å². The highest BCUT2D eigenvalue weighted by molar-refractivity contribution is 7.99.